The first-order chi connectivity index (χ1) is 21.3. The Morgan fingerprint density at radius 1 is 0.818 bits per heavy atom. The molecule has 0 heterocycles. The van der Waals surface area contributed by atoms with E-state index in [-0.39, 0.29) is 11.4 Å². The number of carbonyl (C=O) groups is 2. The second kappa shape index (κ2) is 16.4. The number of nitrogens with one attached hydrogen (secondary N) is 2. The predicted molar refractivity (Wildman–Crippen MR) is 173 cm³/mol. The van der Waals surface area contributed by atoms with Crippen molar-refractivity contribution in [2.24, 2.45) is 5.10 Å². The van der Waals surface area contributed by atoms with Gasteiger partial charge in [-0.3, -0.25) is 9.59 Å². The summed E-state index contributed by atoms with van der Waals surface area (Å²) in [6.45, 7) is 4.31. The molecule has 44 heavy (non-hydrogen) atoms. The number of hydrogen-bond donors (Lipinski definition) is 2. The quantitative estimate of drug-likeness (QED) is 0.120. The van der Waals surface area contributed by atoms with Gasteiger partial charge in [0.15, 0.2) is 17.6 Å². The lowest BCUT2D eigenvalue weighted by molar-refractivity contribution is -0.132. The van der Waals surface area contributed by atoms with Crippen molar-refractivity contribution in [2.45, 2.75) is 39.0 Å². The minimum absolute atomic E-state index is 0.240. The maximum absolute atomic E-state index is 13.2. The van der Waals surface area contributed by atoms with Crippen LogP contribution >= 0.6 is 23.2 Å². The van der Waals surface area contributed by atoms with E-state index in [0.29, 0.717) is 41.0 Å². The van der Waals surface area contributed by atoms with Crippen molar-refractivity contribution >= 4 is 41.2 Å². The van der Waals surface area contributed by atoms with Crippen LogP contribution in [-0.4, -0.2) is 36.8 Å². The zero-order chi connectivity index (χ0) is 31.3. The fraction of sp³-hybridized carbons (Fsp3) is 0.206. The van der Waals surface area contributed by atoms with Crippen LogP contribution in [0.5, 0.6) is 17.2 Å². The fourth-order valence-corrected chi connectivity index (χ4v) is 4.59. The number of hydrogen-bond acceptors (Lipinski definition) is 6. The molecule has 0 saturated heterocycles. The molecular formula is C34H33Cl2N3O5. The van der Waals surface area contributed by atoms with Crippen LogP contribution in [0.25, 0.3) is 0 Å². The summed E-state index contributed by atoms with van der Waals surface area (Å²) in [7, 11) is 0. The van der Waals surface area contributed by atoms with Gasteiger partial charge in [-0.2, -0.15) is 5.10 Å². The van der Waals surface area contributed by atoms with Gasteiger partial charge < -0.3 is 19.5 Å². The van der Waals surface area contributed by atoms with Crippen LogP contribution < -0.4 is 25.0 Å². The van der Waals surface area contributed by atoms with Crippen molar-refractivity contribution in [3.63, 3.8) is 0 Å². The SMILES string of the molecule is CCOc1cc(/C=N\NC(=O)[C@H](Cc2ccccc2)NC(=O)[C@@H](C)Oc2ccc(Cl)cc2Cl)ccc1OCc1ccccc1. The molecule has 0 bridgehead atoms. The zero-order valence-electron chi connectivity index (χ0n) is 24.3. The van der Waals surface area contributed by atoms with E-state index in [1.54, 1.807) is 31.2 Å². The standard InChI is InChI=1S/C34H33Cl2N3O5/c1-3-42-32-19-26(14-16-31(32)43-22-25-12-8-5-9-13-25)21-37-39-34(41)29(18-24-10-6-4-7-11-24)38-33(40)23(2)44-30-17-15-27(35)20-28(30)36/h4-17,19-21,23,29H,3,18,22H2,1-2H3,(H,38,40)(H,39,41)/b37-21-/t23-,29+/m1/s1. The van der Waals surface area contributed by atoms with Crippen LogP contribution in [0.2, 0.25) is 10.0 Å². The van der Waals surface area contributed by atoms with E-state index in [1.165, 1.54) is 12.3 Å². The normalized spacial score (nSPS) is 12.3. The second-order valence-electron chi connectivity index (χ2n) is 9.73. The highest BCUT2D eigenvalue weighted by atomic mass is 35.5. The van der Waals surface area contributed by atoms with Crippen LogP contribution in [-0.2, 0) is 22.6 Å². The summed E-state index contributed by atoms with van der Waals surface area (Å²) in [4.78, 5) is 26.3. The Labute approximate surface area is 266 Å². The van der Waals surface area contributed by atoms with Crippen LogP contribution in [0.15, 0.2) is 102 Å². The van der Waals surface area contributed by atoms with Crippen LogP contribution in [0.4, 0.5) is 0 Å². The monoisotopic (exact) mass is 633 g/mol. The first-order valence-corrected chi connectivity index (χ1v) is 14.8. The van der Waals surface area contributed by atoms with E-state index in [4.69, 9.17) is 37.4 Å². The number of hydrazone groups is 1. The van der Waals surface area contributed by atoms with Crippen LogP contribution in [0.1, 0.15) is 30.5 Å². The highest BCUT2D eigenvalue weighted by Gasteiger charge is 2.25. The van der Waals surface area contributed by atoms with Crippen LogP contribution in [0.3, 0.4) is 0 Å². The molecule has 0 saturated carbocycles. The van der Waals surface area contributed by atoms with E-state index in [0.717, 1.165) is 11.1 Å². The predicted octanol–water partition coefficient (Wildman–Crippen LogP) is 6.62. The molecule has 8 nitrogen and oxygen atoms in total. The summed E-state index contributed by atoms with van der Waals surface area (Å²) in [6.07, 6.45) is 0.796. The van der Waals surface area contributed by atoms with E-state index < -0.39 is 24.0 Å². The number of amides is 2. The Hall–Kier alpha value is -4.53. The molecule has 0 aliphatic heterocycles. The van der Waals surface area contributed by atoms with Gasteiger partial charge in [-0.1, -0.05) is 83.9 Å². The lowest BCUT2D eigenvalue weighted by Gasteiger charge is -2.21. The van der Waals surface area contributed by atoms with Gasteiger partial charge in [-0.25, -0.2) is 5.43 Å². The summed E-state index contributed by atoms with van der Waals surface area (Å²) < 4.78 is 17.5. The molecule has 228 valence electrons. The van der Waals surface area contributed by atoms with Gasteiger partial charge in [0.1, 0.15) is 18.4 Å². The lowest BCUT2D eigenvalue weighted by Crippen LogP contribution is -2.50. The Morgan fingerprint density at radius 3 is 2.18 bits per heavy atom. The molecule has 4 rings (SSSR count). The van der Waals surface area contributed by atoms with Crippen molar-refractivity contribution in [1.82, 2.24) is 10.7 Å². The van der Waals surface area contributed by atoms with Crippen molar-refractivity contribution < 1.29 is 23.8 Å². The summed E-state index contributed by atoms with van der Waals surface area (Å²) in [5.74, 6) is 0.461. The number of nitrogens with zero attached hydrogens (tertiary/aromatic N) is 1. The number of carbonyl (C=O) groups excluding carboxylic acids is 2. The van der Waals surface area contributed by atoms with E-state index >= 15 is 0 Å². The Morgan fingerprint density at radius 2 is 1.50 bits per heavy atom. The highest BCUT2D eigenvalue weighted by molar-refractivity contribution is 6.35. The second-order valence-corrected chi connectivity index (χ2v) is 10.6. The molecule has 2 atom stereocenters. The summed E-state index contributed by atoms with van der Waals surface area (Å²) in [5, 5.41) is 7.62. The molecular weight excluding hydrogens is 601 g/mol. The minimum Gasteiger partial charge on any atom is -0.490 e. The van der Waals surface area contributed by atoms with Gasteiger partial charge in [0.2, 0.25) is 0 Å². The van der Waals surface area contributed by atoms with Crippen LogP contribution in [0, 0.1) is 0 Å². The summed E-state index contributed by atoms with van der Waals surface area (Å²) in [5.41, 5.74) is 5.12. The molecule has 0 aliphatic rings. The third kappa shape index (κ3) is 9.76. The van der Waals surface area contributed by atoms with E-state index in [1.807, 2.05) is 73.7 Å². The molecule has 2 amide bonds. The van der Waals surface area contributed by atoms with Gasteiger partial charge in [-0.05, 0) is 66.9 Å². The molecule has 2 N–H and O–H groups in total. The largest absolute Gasteiger partial charge is 0.490 e. The summed E-state index contributed by atoms with van der Waals surface area (Å²) >= 11 is 12.1. The third-order valence-electron chi connectivity index (χ3n) is 6.38. The molecule has 0 aliphatic carbocycles. The Kier molecular flexibility index (Phi) is 12.0. The first kappa shape index (κ1) is 32.4. The third-order valence-corrected chi connectivity index (χ3v) is 6.91. The topological polar surface area (TPSA) is 98.2 Å². The van der Waals surface area contributed by atoms with Gasteiger partial charge in [0.05, 0.1) is 17.8 Å². The molecule has 10 heteroatoms. The van der Waals surface area contributed by atoms with Crippen molar-refractivity contribution in [3.05, 3.63) is 124 Å². The van der Waals surface area contributed by atoms with Gasteiger partial charge in [-0.15, -0.1) is 0 Å². The average Bonchev–Trinajstić information content (AvgIpc) is 3.02. The molecule has 0 aromatic heterocycles. The Bertz CT molecular complexity index is 1570. The molecule has 0 unspecified atom stereocenters. The number of halogens is 2. The Balaban J connectivity index is 1.41. The molecule has 4 aromatic rings. The highest BCUT2D eigenvalue weighted by Crippen LogP contribution is 2.29. The number of rotatable bonds is 14. The van der Waals surface area contributed by atoms with Gasteiger partial charge in [0.25, 0.3) is 11.8 Å². The average molecular weight is 635 g/mol. The zero-order valence-corrected chi connectivity index (χ0v) is 25.8. The van der Waals surface area contributed by atoms with E-state index in [2.05, 4.69) is 15.8 Å². The maximum atomic E-state index is 13.2. The van der Waals surface area contributed by atoms with Gasteiger partial charge >= 0.3 is 0 Å². The molecule has 0 radical (unpaired) electrons. The fourth-order valence-electron chi connectivity index (χ4n) is 4.14. The summed E-state index contributed by atoms with van der Waals surface area (Å²) in [6, 6.07) is 28.4. The smallest absolute Gasteiger partial charge is 0.262 e. The van der Waals surface area contributed by atoms with Crippen molar-refractivity contribution in [1.29, 1.82) is 0 Å². The number of benzene rings is 4. The van der Waals surface area contributed by atoms with Crippen molar-refractivity contribution in [2.75, 3.05) is 6.61 Å². The number of ether oxygens (including phenoxy) is 3. The molecule has 0 fully saturated rings. The molecule has 4 aromatic carbocycles. The maximum Gasteiger partial charge on any atom is 0.262 e. The van der Waals surface area contributed by atoms with Gasteiger partial charge in [0, 0.05) is 11.4 Å². The lowest BCUT2D eigenvalue weighted by atomic mass is 10.1. The van der Waals surface area contributed by atoms with E-state index in [9.17, 15) is 9.59 Å². The van der Waals surface area contributed by atoms with Crippen molar-refractivity contribution in [3.8, 4) is 17.2 Å². The minimum atomic E-state index is -0.942. The first-order valence-electron chi connectivity index (χ1n) is 14.0. The molecule has 0 spiro atoms.